The molecule has 108 valence electrons. The Morgan fingerprint density at radius 2 is 2.45 bits per heavy atom. The molecule has 0 aromatic carbocycles. The molecule has 2 aliphatic heterocycles. The molecule has 5 heteroatoms. The van der Waals surface area contributed by atoms with E-state index in [1.165, 1.54) is 6.42 Å². The van der Waals surface area contributed by atoms with Gasteiger partial charge in [0, 0.05) is 37.7 Å². The summed E-state index contributed by atoms with van der Waals surface area (Å²) in [5.74, 6) is 1.18. The first-order chi connectivity index (χ1) is 9.78. The summed E-state index contributed by atoms with van der Waals surface area (Å²) in [7, 11) is 0. The normalized spacial score (nSPS) is 21.9. The number of rotatable bonds is 3. The van der Waals surface area contributed by atoms with Gasteiger partial charge in [-0.2, -0.15) is 0 Å². The molecule has 3 rings (SSSR count). The lowest BCUT2D eigenvalue weighted by molar-refractivity contribution is -0.132. The second-order valence-corrected chi connectivity index (χ2v) is 5.66. The lowest BCUT2D eigenvalue weighted by Crippen LogP contribution is -2.36. The predicted molar refractivity (Wildman–Crippen MR) is 76.0 cm³/mol. The second-order valence-electron chi connectivity index (χ2n) is 5.66. The Bertz CT molecular complexity index is 497. The maximum Gasteiger partial charge on any atom is 0.222 e. The van der Waals surface area contributed by atoms with Crippen molar-refractivity contribution < 1.29 is 4.79 Å². The third kappa shape index (κ3) is 2.68. The van der Waals surface area contributed by atoms with E-state index >= 15 is 0 Å². The molecule has 1 fully saturated rings. The number of hydrogen-bond donors (Lipinski definition) is 1. The number of carbonyl (C=O) groups is 1. The van der Waals surface area contributed by atoms with Crippen molar-refractivity contribution in [3.63, 3.8) is 0 Å². The topological polar surface area (TPSA) is 58.1 Å². The highest BCUT2D eigenvalue weighted by Gasteiger charge is 2.24. The average Bonchev–Trinajstić information content (AvgIpc) is 3.00. The summed E-state index contributed by atoms with van der Waals surface area (Å²) in [5.41, 5.74) is 2.24. The van der Waals surface area contributed by atoms with Crippen LogP contribution in [0.1, 0.15) is 55.7 Å². The third-order valence-electron chi connectivity index (χ3n) is 4.14. The molecular formula is C15H22N4O. The summed E-state index contributed by atoms with van der Waals surface area (Å²) in [6.45, 7) is 4.57. The first-order valence-corrected chi connectivity index (χ1v) is 7.63. The van der Waals surface area contributed by atoms with Crippen molar-refractivity contribution in [2.75, 3.05) is 13.1 Å². The molecule has 5 nitrogen and oxygen atoms in total. The fourth-order valence-electron chi connectivity index (χ4n) is 2.99. The Morgan fingerprint density at radius 3 is 3.20 bits per heavy atom. The molecule has 1 aromatic heterocycles. The standard InChI is InChI=1S/C15H22N4O/c1-2-4-14(20)19-8-6-12-11(10-19)9-17-15(18-12)13-5-3-7-16-13/h9,13,16H,2-8,10H2,1H3/t13-/m1/s1. The quantitative estimate of drug-likeness (QED) is 0.909. The first-order valence-electron chi connectivity index (χ1n) is 7.63. The lowest BCUT2D eigenvalue weighted by atomic mass is 10.1. The maximum atomic E-state index is 12.0. The minimum Gasteiger partial charge on any atom is -0.338 e. The van der Waals surface area contributed by atoms with E-state index in [2.05, 4.69) is 10.3 Å². The van der Waals surface area contributed by atoms with Crippen LogP contribution in [0.25, 0.3) is 0 Å². The van der Waals surface area contributed by atoms with Crippen LogP contribution in [0.4, 0.5) is 0 Å². The summed E-state index contributed by atoms with van der Waals surface area (Å²) in [5, 5.41) is 3.43. The van der Waals surface area contributed by atoms with Gasteiger partial charge in [0.15, 0.2) is 0 Å². The van der Waals surface area contributed by atoms with E-state index in [0.717, 1.165) is 49.4 Å². The van der Waals surface area contributed by atoms with Crippen molar-refractivity contribution >= 4 is 5.91 Å². The molecule has 0 unspecified atom stereocenters. The smallest absolute Gasteiger partial charge is 0.222 e. The molecular weight excluding hydrogens is 252 g/mol. The molecule has 0 saturated carbocycles. The molecule has 1 N–H and O–H groups in total. The monoisotopic (exact) mass is 274 g/mol. The summed E-state index contributed by atoms with van der Waals surface area (Å²) in [4.78, 5) is 23.1. The fraction of sp³-hybridized carbons (Fsp3) is 0.667. The van der Waals surface area contributed by atoms with Crippen LogP contribution in [-0.2, 0) is 17.8 Å². The van der Waals surface area contributed by atoms with Gasteiger partial charge in [-0.05, 0) is 25.8 Å². The highest BCUT2D eigenvalue weighted by Crippen LogP contribution is 2.23. The summed E-state index contributed by atoms with van der Waals surface area (Å²) < 4.78 is 0. The molecule has 20 heavy (non-hydrogen) atoms. The SMILES string of the molecule is CCCC(=O)N1CCc2nc([C@H]3CCCN3)ncc2C1. The molecule has 1 atom stereocenters. The molecule has 1 aromatic rings. The van der Waals surface area contributed by atoms with Crippen LogP contribution in [0.5, 0.6) is 0 Å². The minimum absolute atomic E-state index is 0.250. The van der Waals surface area contributed by atoms with Crippen LogP contribution in [0.2, 0.25) is 0 Å². The van der Waals surface area contributed by atoms with Crippen LogP contribution in [-0.4, -0.2) is 33.9 Å². The zero-order valence-corrected chi connectivity index (χ0v) is 12.1. The molecule has 0 radical (unpaired) electrons. The molecule has 1 saturated heterocycles. The van der Waals surface area contributed by atoms with Crippen molar-refractivity contribution in [2.45, 2.75) is 51.6 Å². The Kier molecular flexibility index (Phi) is 3.96. The maximum absolute atomic E-state index is 12.0. The highest BCUT2D eigenvalue weighted by atomic mass is 16.2. The van der Waals surface area contributed by atoms with Crippen molar-refractivity contribution in [1.29, 1.82) is 0 Å². The lowest BCUT2D eigenvalue weighted by Gasteiger charge is -2.28. The molecule has 0 bridgehead atoms. The van der Waals surface area contributed by atoms with Gasteiger partial charge in [-0.15, -0.1) is 0 Å². The fourth-order valence-corrected chi connectivity index (χ4v) is 2.99. The second kappa shape index (κ2) is 5.87. The van der Waals surface area contributed by atoms with Gasteiger partial charge in [-0.3, -0.25) is 4.79 Å². The van der Waals surface area contributed by atoms with Gasteiger partial charge in [-0.25, -0.2) is 9.97 Å². The molecule has 0 spiro atoms. The van der Waals surface area contributed by atoms with Gasteiger partial charge in [-0.1, -0.05) is 6.92 Å². The van der Waals surface area contributed by atoms with E-state index in [4.69, 9.17) is 4.98 Å². The van der Waals surface area contributed by atoms with Crippen LogP contribution in [0.3, 0.4) is 0 Å². The van der Waals surface area contributed by atoms with Gasteiger partial charge in [0.05, 0.1) is 11.7 Å². The zero-order chi connectivity index (χ0) is 13.9. The van der Waals surface area contributed by atoms with Crippen LogP contribution >= 0.6 is 0 Å². The van der Waals surface area contributed by atoms with E-state index in [-0.39, 0.29) is 5.91 Å². The van der Waals surface area contributed by atoms with Gasteiger partial charge < -0.3 is 10.2 Å². The van der Waals surface area contributed by atoms with Crippen LogP contribution in [0.15, 0.2) is 6.20 Å². The van der Waals surface area contributed by atoms with Crippen molar-refractivity contribution in [2.24, 2.45) is 0 Å². The third-order valence-corrected chi connectivity index (χ3v) is 4.14. The molecule has 1 amide bonds. The molecule has 0 aliphatic carbocycles. The summed E-state index contributed by atoms with van der Waals surface area (Å²) >= 11 is 0. The molecule has 3 heterocycles. The van der Waals surface area contributed by atoms with Crippen molar-refractivity contribution in [3.8, 4) is 0 Å². The first kappa shape index (κ1) is 13.5. The Balaban J connectivity index is 1.73. The number of amides is 1. The number of hydrogen-bond acceptors (Lipinski definition) is 4. The average molecular weight is 274 g/mol. The van der Waals surface area contributed by atoms with E-state index < -0.39 is 0 Å². The summed E-state index contributed by atoms with van der Waals surface area (Å²) in [6.07, 6.45) is 6.64. The number of nitrogens with zero attached hydrogens (tertiary/aromatic N) is 3. The molecule has 2 aliphatic rings. The number of nitrogens with one attached hydrogen (secondary N) is 1. The van der Waals surface area contributed by atoms with Gasteiger partial charge in [0.1, 0.15) is 5.82 Å². The number of fused-ring (bicyclic) bond motifs is 1. The minimum atomic E-state index is 0.250. The van der Waals surface area contributed by atoms with Gasteiger partial charge in [0.25, 0.3) is 0 Å². The van der Waals surface area contributed by atoms with Crippen molar-refractivity contribution in [3.05, 3.63) is 23.3 Å². The van der Waals surface area contributed by atoms with E-state index in [0.29, 0.717) is 19.0 Å². The number of carbonyl (C=O) groups excluding carboxylic acids is 1. The Morgan fingerprint density at radius 1 is 1.55 bits per heavy atom. The van der Waals surface area contributed by atoms with E-state index in [1.54, 1.807) is 0 Å². The van der Waals surface area contributed by atoms with Gasteiger partial charge in [0.2, 0.25) is 5.91 Å². The van der Waals surface area contributed by atoms with Crippen LogP contribution in [0, 0.1) is 0 Å². The van der Waals surface area contributed by atoms with Crippen LogP contribution < -0.4 is 5.32 Å². The number of aromatic nitrogens is 2. The largest absolute Gasteiger partial charge is 0.338 e. The van der Waals surface area contributed by atoms with E-state index in [9.17, 15) is 4.79 Å². The Labute approximate surface area is 119 Å². The van der Waals surface area contributed by atoms with Crippen molar-refractivity contribution in [1.82, 2.24) is 20.2 Å². The highest BCUT2D eigenvalue weighted by molar-refractivity contribution is 5.76. The zero-order valence-electron chi connectivity index (χ0n) is 12.1. The van der Waals surface area contributed by atoms with Gasteiger partial charge >= 0.3 is 0 Å². The summed E-state index contributed by atoms with van der Waals surface area (Å²) in [6, 6.07) is 0.319. The Hall–Kier alpha value is -1.49. The predicted octanol–water partition coefficient (Wildman–Crippen LogP) is 1.59. The van der Waals surface area contributed by atoms with E-state index in [1.807, 2.05) is 18.0 Å².